The van der Waals surface area contributed by atoms with Gasteiger partial charge in [-0.2, -0.15) is 5.26 Å². The summed E-state index contributed by atoms with van der Waals surface area (Å²) in [5.74, 6) is 1.16. The number of imidazole rings is 1. The maximum Gasteiger partial charge on any atom is 0.129 e. The van der Waals surface area contributed by atoms with E-state index in [1.54, 1.807) is 12.4 Å². The number of H-pyrrole nitrogens is 1. The third kappa shape index (κ3) is 2.35. The lowest BCUT2D eigenvalue weighted by Gasteiger charge is -2.11. The van der Waals surface area contributed by atoms with Crippen molar-refractivity contribution in [1.29, 1.82) is 5.26 Å². The third-order valence-corrected chi connectivity index (χ3v) is 2.75. The number of hydrogen-bond donors (Lipinski definition) is 1. The van der Waals surface area contributed by atoms with Gasteiger partial charge in [0.15, 0.2) is 0 Å². The summed E-state index contributed by atoms with van der Waals surface area (Å²) in [7, 11) is 0. The van der Waals surface area contributed by atoms with Gasteiger partial charge in [0.25, 0.3) is 0 Å². The molecule has 1 heterocycles. The Kier molecular flexibility index (Phi) is 3.63. The summed E-state index contributed by atoms with van der Waals surface area (Å²) >= 11 is 0. The van der Waals surface area contributed by atoms with Crippen molar-refractivity contribution < 1.29 is 4.74 Å². The molecular formula is C14H15N3O. The number of hydrogen-bond acceptors (Lipinski definition) is 3. The summed E-state index contributed by atoms with van der Waals surface area (Å²) in [6, 6.07) is 8.05. The maximum atomic E-state index is 9.27. The van der Waals surface area contributed by atoms with Crippen LogP contribution >= 0.6 is 0 Å². The number of aromatic amines is 1. The van der Waals surface area contributed by atoms with Gasteiger partial charge in [0.05, 0.1) is 12.7 Å². The van der Waals surface area contributed by atoms with Gasteiger partial charge in [-0.15, -0.1) is 0 Å². The summed E-state index contributed by atoms with van der Waals surface area (Å²) in [6.07, 6.45) is 3.38. The zero-order chi connectivity index (χ0) is 13.0. The fourth-order valence-electron chi connectivity index (χ4n) is 1.90. The van der Waals surface area contributed by atoms with Gasteiger partial charge in [-0.1, -0.05) is 12.1 Å². The Bertz CT molecular complexity index is 555. The molecule has 1 aromatic heterocycles. The SMILES string of the molecule is CCOc1ccc(C(C#N)c2ncc[nH]2)cc1C. The van der Waals surface area contributed by atoms with Crippen molar-refractivity contribution in [3.8, 4) is 11.8 Å². The van der Waals surface area contributed by atoms with E-state index in [1.807, 2.05) is 32.0 Å². The smallest absolute Gasteiger partial charge is 0.129 e. The first-order valence-corrected chi connectivity index (χ1v) is 5.88. The number of aryl methyl sites for hydroxylation is 1. The molecule has 1 aromatic carbocycles. The van der Waals surface area contributed by atoms with Crippen LogP contribution in [0.5, 0.6) is 5.75 Å². The highest BCUT2D eigenvalue weighted by atomic mass is 16.5. The van der Waals surface area contributed by atoms with Crippen LogP contribution in [-0.2, 0) is 0 Å². The summed E-state index contributed by atoms with van der Waals surface area (Å²) in [5, 5.41) is 9.27. The number of benzene rings is 1. The Morgan fingerprint density at radius 3 is 2.89 bits per heavy atom. The van der Waals surface area contributed by atoms with E-state index in [0.717, 1.165) is 16.9 Å². The summed E-state index contributed by atoms with van der Waals surface area (Å²) in [6.45, 7) is 4.57. The Morgan fingerprint density at radius 1 is 1.50 bits per heavy atom. The molecule has 18 heavy (non-hydrogen) atoms. The molecule has 0 saturated heterocycles. The van der Waals surface area contributed by atoms with Gasteiger partial charge in [-0.05, 0) is 31.0 Å². The van der Waals surface area contributed by atoms with E-state index in [4.69, 9.17) is 4.74 Å². The van der Waals surface area contributed by atoms with Gasteiger partial charge in [0, 0.05) is 12.4 Å². The molecule has 0 aliphatic carbocycles. The van der Waals surface area contributed by atoms with Crippen LogP contribution in [0.2, 0.25) is 0 Å². The molecule has 0 saturated carbocycles. The highest BCUT2D eigenvalue weighted by Crippen LogP contribution is 2.26. The lowest BCUT2D eigenvalue weighted by molar-refractivity contribution is 0.338. The van der Waals surface area contributed by atoms with E-state index in [-0.39, 0.29) is 5.92 Å². The average Bonchev–Trinajstić information content (AvgIpc) is 2.87. The second-order valence-corrected chi connectivity index (χ2v) is 3.99. The lowest BCUT2D eigenvalue weighted by atomic mass is 9.98. The van der Waals surface area contributed by atoms with Crippen LogP contribution in [-0.4, -0.2) is 16.6 Å². The molecule has 1 unspecified atom stereocenters. The van der Waals surface area contributed by atoms with E-state index in [0.29, 0.717) is 12.4 Å². The van der Waals surface area contributed by atoms with Crippen LogP contribution in [0.1, 0.15) is 29.8 Å². The van der Waals surface area contributed by atoms with Gasteiger partial charge in [-0.25, -0.2) is 4.98 Å². The molecule has 0 aliphatic heterocycles. The molecule has 4 heteroatoms. The fraction of sp³-hybridized carbons (Fsp3) is 0.286. The number of nitrogens with one attached hydrogen (secondary N) is 1. The van der Waals surface area contributed by atoms with Crippen LogP contribution < -0.4 is 4.74 Å². The maximum absolute atomic E-state index is 9.27. The largest absolute Gasteiger partial charge is 0.494 e. The van der Waals surface area contributed by atoms with Crippen molar-refractivity contribution in [1.82, 2.24) is 9.97 Å². The van der Waals surface area contributed by atoms with E-state index in [9.17, 15) is 5.26 Å². The number of nitriles is 1. The first-order valence-electron chi connectivity index (χ1n) is 5.88. The Hall–Kier alpha value is -2.28. The number of ether oxygens (including phenoxy) is 1. The van der Waals surface area contributed by atoms with Crippen molar-refractivity contribution in [3.05, 3.63) is 47.5 Å². The van der Waals surface area contributed by atoms with Crippen LogP contribution in [0.4, 0.5) is 0 Å². The van der Waals surface area contributed by atoms with Crippen molar-refractivity contribution in [2.45, 2.75) is 19.8 Å². The van der Waals surface area contributed by atoms with E-state index in [1.165, 1.54) is 0 Å². The van der Waals surface area contributed by atoms with E-state index in [2.05, 4.69) is 16.0 Å². The average molecular weight is 241 g/mol. The van der Waals surface area contributed by atoms with Gasteiger partial charge in [0.2, 0.25) is 0 Å². The molecule has 1 N–H and O–H groups in total. The van der Waals surface area contributed by atoms with Crippen molar-refractivity contribution in [2.75, 3.05) is 6.61 Å². The first kappa shape index (κ1) is 12.2. The zero-order valence-electron chi connectivity index (χ0n) is 10.5. The minimum atomic E-state index is -0.366. The normalized spacial score (nSPS) is 11.8. The highest BCUT2D eigenvalue weighted by molar-refractivity contribution is 5.41. The van der Waals surface area contributed by atoms with Gasteiger partial charge in [0.1, 0.15) is 17.5 Å². The molecule has 1 atom stereocenters. The second-order valence-electron chi connectivity index (χ2n) is 3.99. The van der Waals surface area contributed by atoms with Gasteiger partial charge < -0.3 is 9.72 Å². The van der Waals surface area contributed by atoms with Crippen molar-refractivity contribution in [3.63, 3.8) is 0 Å². The minimum Gasteiger partial charge on any atom is -0.494 e. The monoisotopic (exact) mass is 241 g/mol. The Labute approximate surface area is 106 Å². The molecule has 0 aliphatic rings. The number of rotatable bonds is 4. The minimum absolute atomic E-state index is 0.366. The molecule has 0 amide bonds. The Balaban J connectivity index is 2.34. The van der Waals surface area contributed by atoms with Gasteiger partial charge in [-0.3, -0.25) is 0 Å². The molecule has 0 radical (unpaired) electrons. The number of aromatic nitrogens is 2. The predicted molar refractivity (Wildman–Crippen MR) is 68.4 cm³/mol. The third-order valence-electron chi connectivity index (χ3n) is 2.75. The van der Waals surface area contributed by atoms with Crippen LogP contribution in [0, 0.1) is 18.3 Å². The summed E-state index contributed by atoms with van der Waals surface area (Å²) in [4.78, 5) is 7.12. The summed E-state index contributed by atoms with van der Waals surface area (Å²) in [5.41, 5.74) is 1.95. The quantitative estimate of drug-likeness (QED) is 0.895. The predicted octanol–water partition coefficient (Wildman–Crippen LogP) is 2.77. The molecule has 92 valence electrons. The van der Waals surface area contributed by atoms with Crippen LogP contribution in [0.15, 0.2) is 30.6 Å². The molecule has 0 bridgehead atoms. The Morgan fingerprint density at radius 2 is 2.33 bits per heavy atom. The van der Waals surface area contributed by atoms with Gasteiger partial charge >= 0.3 is 0 Å². The van der Waals surface area contributed by atoms with Crippen LogP contribution in [0.3, 0.4) is 0 Å². The van der Waals surface area contributed by atoms with E-state index >= 15 is 0 Å². The zero-order valence-corrected chi connectivity index (χ0v) is 10.5. The second kappa shape index (κ2) is 5.37. The fourth-order valence-corrected chi connectivity index (χ4v) is 1.90. The molecule has 2 aromatic rings. The molecule has 4 nitrogen and oxygen atoms in total. The van der Waals surface area contributed by atoms with Crippen LogP contribution in [0.25, 0.3) is 0 Å². The van der Waals surface area contributed by atoms with Crippen molar-refractivity contribution >= 4 is 0 Å². The molecular weight excluding hydrogens is 226 g/mol. The number of nitrogens with zero attached hydrogens (tertiary/aromatic N) is 2. The molecule has 0 spiro atoms. The topological polar surface area (TPSA) is 61.7 Å². The first-order chi connectivity index (χ1) is 8.76. The summed E-state index contributed by atoms with van der Waals surface area (Å²) < 4.78 is 5.49. The van der Waals surface area contributed by atoms with Crippen molar-refractivity contribution in [2.24, 2.45) is 0 Å². The lowest BCUT2D eigenvalue weighted by Crippen LogP contribution is -2.02. The highest BCUT2D eigenvalue weighted by Gasteiger charge is 2.16. The van der Waals surface area contributed by atoms with E-state index < -0.39 is 0 Å². The standard InChI is InChI=1S/C14H15N3O/c1-3-18-13-5-4-11(8-10(13)2)12(9-15)14-16-6-7-17-14/h4-8,12H,3H2,1-2H3,(H,16,17). The molecule has 0 fully saturated rings. The molecule has 2 rings (SSSR count).